The number of carbonyl (C=O) groups excluding carboxylic acids is 2. The molecule has 0 amide bonds. The number of benzene rings is 1. The second-order valence-corrected chi connectivity index (χ2v) is 10.5. The molecule has 6 rings (SSSR count). The number of allylic oxidation sites excluding steroid dienone is 4. The SMILES string of the molecule is CC(=O)OC1C[C@H]2[C@@H]3OC4=C(C=C3C=C[C@]2(C)[C@H]1c1ccc2ccncc2c1)C(=O)CC(CO)C4. The summed E-state index contributed by atoms with van der Waals surface area (Å²) in [5.41, 5.74) is 2.43. The van der Waals surface area contributed by atoms with E-state index in [4.69, 9.17) is 9.47 Å². The van der Waals surface area contributed by atoms with Gasteiger partial charge in [0.25, 0.3) is 0 Å². The molecule has 180 valence electrons. The summed E-state index contributed by atoms with van der Waals surface area (Å²) in [6, 6.07) is 8.38. The van der Waals surface area contributed by atoms with Crippen LogP contribution in [-0.4, -0.2) is 40.7 Å². The first-order chi connectivity index (χ1) is 16.9. The highest BCUT2D eigenvalue weighted by molar-refractivity contribution is 6.00. The number of Topliss-reactive ketones (excluding diaryl/α,β-unsaturated/α-hetero) is 1. The molecule has 0 saturated heterocycles. The Morgan fingerprint density at radius 2 is 2.11 bits per heavy atom. The highest BCUT2D eigenvalue weighted by Crippen LogP contribution is 2.60. The minimum atomic E-state index is -0.314. The van der Waals surface area contributed by atoms with Gasteiger partial charge >= 0.3 is 5.97 Å². The number of aromatic nitrogens is 1. The maximum Gasteiger partial charge on any atom is 0.302 e. The van der Waals surface area contributed by atoms with Crippen molar-refractivity contribution in [1.82, 2.24) is 4.98 Å². The first-order valence-electron chi connectivity index (χ1n) is 12.3. The Morgan fingerprint density at radius 1 is 1.26 bits per heavy atom. The Hall–Kier alpha value is -3.25. The van der Waals surface area contributed by atoms with Crippen LogP contribution in [0.15, 0.2) is 71.8 Å². The average Bonchev–Trinajstić information content (AvgIpc) is 3.14. The second kappa shape index (κ2) is 8.16. The molecule has 1 aliphatic heterocycles. The number of aliphatic hydroxyl groups is 1. The van der Waals surface area contributed by atoms with Crippen molar-refractivity contribution >= 4 is 22.5 Å². The van der Waals surface area contributed by atoms with Crippen molar-refractivity contribution in [2.24, 2.45) is 17.3 Å². The molecule has 6 nitrogen and oxygen atoms in total. The zero-order valence-electron chi connectivity index (χ0n) is 19.9. The summed E-state index contributed by atoms with van der Waals surface area (Å²) in [5, 5.41) is 11.8. The Balaban J connectivity index is 1.41. The number of hydrogen-bond donors (Lipinski definition) is 1. The lowest BCUT2D eigenvalue weighted by molar-refractivity contribution is -0.147. The van der Waals surface area contributed by atoms with E-state index >= 15 is 0 Å². The quantitative estimate of drug-likeness (QED) is 0.668. The largest absolute Gasteiger partial charge is 0.489 e. The third kappa shape index (κ3) is 3.54. The first kappa shape index (κ1) is 22.2. The van der Waals surface area contributed by atoms with Crippen molar-refractivity contribution in [2.45, 2.75) is 51.2 Å². The van der Waals surface area contributed by atoms with Crippen molar-refractivity contribution in [3.05, 3.63) is 77.4 Å². The molecular weight excluding hydrogens is 442 g/mol. The molecule has 1 aromatic carbocycles. The average molecular weight is 472 g/mol. The standard InChI is InChI=1S/C29H29NO5/c1-16(32)34-26-13-23-28-20(12-22-24(33)9-17(15-31)10-25(22)35-28)5-7-29(23,2)27(26)19-4-3-18-6-8-30-14-21(18)11-19/h3-8,11-12,14,17,23,26-28,31H,9-10,13,15H2,1-2H3/t17?,23-,26?,27-,28+,29-/m0/s1. The van der Waals surface area contributed by atoms with Gasteiger partial charge < -0.3 is 14.6 Å². The maximum atomic E-state index is 12.7. The van der Waals surface area contributed by atoms with Gasteiger partial charge in [0, 0.05) is 61.4 Å². The summed E-state index contributed by atoms with van der Waals surface area (Å²) in [7, 11) is 0. The van der Waals surface area contributed by atoms with Crippen LogP contribution in [0.4, 0.5) is 0 Å². The number of pyridine rings is 1. The molecule has 0 spiro atoms. The number of nitrogens with zero attached hydrogens (tertiary/aromatic N) is 1. The Labute approximate surface area is 204 Å². The van der Waals surface area contributed by atoms with E-state index in [1.54, 1.807) is 6.20 Å². The molecule has 1 N–H and O–H groups in total. The number of ether oxygens (including phenoxy) is 2. The molecule has 35 heavy (non-hydrogen) atoms. The Bertz CT molecular complexity index is 1320. The molecule has 0 radical (unpaired) electrons. The molecule has 3 aliphatic carbocycles. The molecule has 4 aliphatic rings. The summed E-state index contributed by atoms with van der Waals surface area (Å²) in [6.45, 7) is 3.66. The molecule has 2 unspecified atom stereocenters. The third-order valence-electron chi connectivity index (χ3n) is 8.38. The van der Waals surface area contributed by atoms with Gasteiger partial charge in [-0.2, -0.15) is 0 Å². The zero-order valence-corrected chi connectivity index (χ0v) is 19.9. The van der Waals surface area contributed by atoms with Crippen molar-refractivity contribution in [3.63, 3.8) is 0 Å². The van der Waals surface area contributed by atoms with E-state index < -0.39 is 0 Å². The molecule has 6 atom stereocenters. The van der Waals surface area contributed by atoms with Crippen molar-refractivity contribution in [2.75, 3.05) is 6.61 Å². The molecule has 1 fully saturated rings. The van der Waals surface area contributed by atoms with Crippen LogP contribution >= 0.6 is 0 Å². The smallest absolute Gasteiger partial charge is 0.302 e. The summed E-state index contributed by atoms with van der Waals surface area (Å²) in [4.78, 5) is 29.1. The van der Waals surface area contributed by atoms with Crippen LogP contribution in [0.1, 0.15) is 44.6 Å². The van der Waals surface area contributed by atoms with Crippen molar-refractivity contribution in [3.8, 4) is 0 Å². The topological polar surface area (TPSA) is 85.7 Å². The van der Waals surface area contributed by atoms with Gasteiger partial charge in [0.15, 0.2) is 5.78 Å². The maximum absolute atomic E-state index is 12.7. The van der Waals surface area contributed by atoms with Gasteiger partial charge in [0.1, 0.15) is 18.0 Å². The predicted molar refractivity (Wildman–Crippen MR) is 130 cm³/mol. The van der Waals surface area contributed by atoms with Gasteiger partial charge in [-0.25, -0.2) is 0 Å². The minimum Gasteiger partial charge on any atom is -0.489 e. The van der Waals surface area contributed by atoms with E-state index in [-0.39, 0.29) is 53.7 Å². The highest BCUT2D eigenvalue weighted by atomic mass is 16.5. The van der Waals surface area contributed by atoms with Crippen LogP contribution in [0, 0.1) is 17.3 Å². The third-order valence-corrected chi connectivity index (χ3v) is 8.38. The molecule has 0 bridgehead atoms. The second-order valence-electron chi connectivity index (χ2n) is 10.5. The van der Waals surface area contributed by atoms with Gasteiger partial charge in [0.2, 0.25) is 0 Å². The van der Waals surface area contributed by atoms with Gasteiger partial charge in [-0.1, -0.05) is 31.2 Å². The van der Waals surface area contributed by atoms with E-state index in [2.05, 4.69) is 42.3 Å². The highest BCUT2D eigenvalue weighted by Gasteiger charge is 2.58. The summed E-state index contributed by atoms with van der Waals surface area (Å²) in [6.07, 6.45) is 11.0. The van der Waals surface area contributed by atoms with Gasteiger partial charge in [-0.3, -0.25) is 14.6 Å². The molecular formula is C29H29NO5. The van der Waals surface area contributed by atoms with Crippen LogP contribution in [0.5, 0.6) is 0 Å². The number of hydrogen-bond acceptors (Lipinski definition) is 6. The monoisotopic (exact) mass is 471 g/mol. The number of fused-ring (bicyclic) bond motifs is 4. The van der Waals surface area contributed by atoms with E-state index in [0.717, 1.165) is 21.9 Å². The number of aliphatic hydroxyl groups excluding tert-OH is 1. The predicted octanol–water partition coefficient (Wildman–Crippen LogP) is 4.40. The zero-order chi connectivity index (χ0) is 24.3. The first-order valence-corrected chi connectivity index (χ1v) is 12.3. The van der Waals surface area contributed by atoms with Gasteiger partial charge in [-0.15, -0.1) is 0 Å². The number of rotatable bonds is 3. The summed E-state index contributed by atoms with van der Waals surface area (Å²) in [5.74, 6) is 0.355. The Kier molecular flexibility index (Phi) is 5.18. The van der Waals surface area contributed by atoms with Crippen LogP contribution in [-0.2, 0) is 19.1 Å². The number of carbonyl (C=O) groups is 2. The normalized spacial score (nSPS) is 33.5. The van der Waals surface area contributed by atoms with Crippen molar-refractivity contribution < 1.29 is 24.2 Å². The molecule has 2 aromatic rings. The van der Waals surface area contributed by atoms with Crippen LogP contribution in [0.2, 0.25) is 0 Å². The van der Waals surface area contributed by atoms with Crippen LogP contribution in [0.3, 0.4) is 0 Å². The Morgan fingerprint density at radius 3 is 2.91 bits per heavy atom. The lowest BCUT2D eigenvalue weighted by atomic mass is 9.64. The lowest BCUT2D eigenvalue weighted by Crippen LogP contribution is -2.41. The number of esters is 1. The van der Waals surface area contributed by atoms with E-state index in [1.165, 1.54) is 6.92 Å². The lowest BCUT2D eigenvalue weighted by Gasteiger charge is -2.44. The van der Waals surface area contributed by atoms with Gasteiger partial charge in [-0.05, 0) is 47.1 Å². The van der Waals surface area contributed by atoms with Crippen LogP contribution < -0.4 is 0 Å². The van der Waals surface area contributed by atoms with Crippen LogP contribution in [0.25, 0.3) is 10.8 Å². The molecule has 1 saturated carbocycles. The van der Waals surface area contributed by atoms with E-state index in [0.29, 0.717) is 30.6 Å². The summed E-state index contributed by atoms with van der Waals surface area (Å²) < 4.78 is 12.5. The summed E-state index contributed by atoms with van der Waals surface area (Å²) >= 11 is 0. The van der Waals surface area contributed by atoms with E-state index in [1.807, 2.05) is 18.3 Å². The fraction of sp³-hybridized carbons (Fsp3) is 0.414. The van der Waals surface area contributed by atoms with Crippen molar-refractivity contribution in [1.29, 1.82) is 0 Å². The number of ketones is 1. The van der Waals surface area contributed by atoms with Gasteiger partial charge in [0.05, 0.1) is 5.57 Å². The fourth-order valence-corrected chi connectivity index (χ4v) is 6.73. The molecule has 1 aromatic heterocycles. The fourth-order valence-electron chi connectivity index (χ4n) is 6.73. The van der Waals surface area contributed by atoms with E-state index in [9.17, 15) is 14.7 Å². The minimum absolute atomic E-state index is 0.0262. The molecule has 2 heterocycles. The molecule has 6 heteroatoms.